The Morgan fingerprint density at radius 3 is 2.63 bits per heavy atom. The summed E-state index contributed by atoms with van der Waals surface area (Å²) in [7, 11) is 0. The normalized spacial score (nSPS) is 14.7. The average Bonchev–Trinajstić information content (AvgIpc) is 3.20. The van der Waals surface area contributed by atoms with Crippen molar-refractivity contribution in [3.05, 3.63) is 44.6 Å². The number of rotatable bonds is 2. The lowest BCUT2D eigenvalue weighted by Crippen LogP contribution is -1.99. The van der Waals surface area contributed by atoms with Gasteiger partial charge in [-0.3, -0.25) is 0 Å². The fraction of sp³-hybridized carbons (Fsp3) is 0.333. The highest BCUT2D eigenvalue weighted by Gasteiger charge is 2.29. The Labute approximate surface area is 126 Å². The molecular formula is C15H14BrClN2. The highest BCUT2D eigenvalue weighted by atomic mass is 79.9. The Kier molecular flexibility index (Phi) is 3.35. The predicted octanol–water partition coefficient (Wildman–Crippen LogP) is 5.05. The van der Waals surface area contributed by atoms with Crippen LogP contribution >= 0.6 is 27.5 Å². The number of nitrogens with zero attached hydrogens (tertiary/aromatic N) is 2. The zero-order valence-corrected chi connectivity index (χ0v) is 13.2. The smallest absolute Gasteiger partial charge is 0.161 e. The van der Waals surface area contributed by atoms with Crippen LogP contribution in [0.1, 0.15) is 35.6 Å². The number of benzene rings is 1. The van der Waals surface area contributed by atoms with Gasteiger partial charge in [-0.1, -0.05) is 29.3 Å². The summed E-state index contributed by atoms with van der Waals surface area (Å²) in [5.41, 5.74) is 4.49. The molecule has 0 saturated heterocycles. The lowest BCUT2D eigenvalue weighted by molar-refractivity contribution is 0.978. The van der Waals surface area contributed by atoms with Crippen LogP contribution in [0.3, 0.4) is 0 Å². The molecule has 0 N–H and O–H groups in total. The molecule has 0 radical (unpaired) electrons. The minimum Gasteiger partial charge on any atom is -0.231 e. The molecule has 19 heavy (non-hydrogen) atoms. The van der Waals surface area contributed by atoms with E-state index in [1.807, 2.05) is 0 Å². The second-order valence-electron chi connectivity index (χ2n) is 5.13. The maximum absolute atomic E-state index is 6.23. The Balaban J connectivity index is 2.17. The first-order valence-electron chi connectivity index (χ1n) is 6.37. The molecular weight excluding hydrogens is 324 g/mol. The molecule has 98 valence electrons. The molecule has 1 aromatic heterocycles. The van der Waals surface area contributed by atoms with E-state index in [0.29, 0.717) is 11.1 Å². The van der Waals surface area contributed by atoms with Gasteiger partial charge in [0.15, 0.2) is 5.82 Å². The van der Waals surface area contributed by atoms with E-state index in [-0.39, 0.29) is 0 Å². The Hall–Kier alpha value is -0.930. The van der Waals surface area contributed by atoms with E-state index >= 15 is 0 Å². The highest BCUT2D eigenvalue weighted by Crippen LogP contribution is 2.44. The first-order valence-corrected chi connectivity index (χ1v) is 7.54. The molecule has 0 spiro atoms. The van der Waals surface area contributed by atoms with Gasteiger partial charge in [-0.2, -0.15) is 0 Å². The second-order valence-corrected chi connectivity index (χ2v) is 6.28. The van der Waals surface area contributed by atoms with Crippen LogP contribution in [0.5, 0.6) is 0 Å². The molecule has 0 aliphatic heterocycles. The van der Waals surface area contributed by atoms with Crippen LogP contribution in [-0.2, 0) is 0 Å². The summed E-state index contributed by atoms with van der Waals surface area (Å²) >= 11 is 9.74. The third kappa shape index (κ3) is 2.54. The van der Waals surface area contributed by atoms with E-state index < -0.39 is 0 Å². The molecule has 2 aromatic rings. The summed E-state index contributed by atoms with van der Waals surface area (Å²) in [5.74, 6) is 1.27. The fourth-order valence-electron chi connectivity index (χ4n) is 2.16. The molecule has 4 heteroatoms. The molecule has 2 nitrogen and oxygen atoms in total. The van der Waals surface area contributed by atoms with Crippen molar-refractivity contribution in [2.75, 3.05) is 0 Å². The number of hydrogen-bond acceptors (Lipinski definition) is 2. The molecule has 0 atom stereocenters. The number of aromatic nitrogens is 2. The lowest BCUT2D eigenvalue weighted by atomic mass is 10.0. The summed E-state index contributed by atoms with van der Waals surface area (Å²) in [4.78, 5) is 9.15. The molecule has 1 aromatic carbocycles. The van der Waals surface area contributed by atoms with Gasteiger partial charge in [0.2, 0.25) is 0 Å². The average molecular weight is 338 g/mol. The zero-order valence-electron chi connectivity index (χ0n) is 10.9. The largest absolute Gasteiger partial charge is 0.231 e. The number of halogens is 2. The molecule has 1 fully saturated rings. The van der Waals surface area contributed by atoms with Crippen LogP contribution in [0.4, 0.5) is 0 Å². The van der Waals surface area contributed by atoms with Crippen molar-refractivity contribution in [1.29, 1.82) is 0 Å². The van der Waals surface area contributed by atoms with E-state index in [1.165, 1.54) is 24.0 Å². The van der Waals surface area contributed by atoms with Crippen molar-refractivity contribution >= 4 is 27.5 Å². The standard InChI is InChI=1S/C15H14BrClN2/c1-8-3-4-9(2)11(7-8)15-18-13(10-5-6-10)12(16)14(17)19-15/h3-4,7,10H,5-6H2,1-2H3. The maximum Gasteiger partial charge on any atom is 0.161 e. The maximum atomic E-state index is 6.23. The highest BCUT2D eigenvalue weighted by molar-refractivity contribution is 9.10. The molecule has 1 saturated carbocycles. The van der Waals surface area contributed by atoms with Gasteiger partial charge in [0, 0.05) is 11.5 Å². The van der Waals surface area contributed by atoms with Crippen LogP contribution in [0.25, 0.3) is 11.4 Å². The van der Waals surface area contributed by atoms with Gasteiger partial charge >= 0.3 is 0 Å². The Morgan fingerprint density at radius 1 is 1.21 bits per heavy atom. The third-order valence-corrected chi connectivity index (χ3v) is 4.72. The Bertz CT molecular complexity index is 651. The molecule has 1 heterocycles. The van der Waals surface area contributed by atoms with Gasteiger partial charge in [-0.05, 0) is 54.2 Å². The summed E-state index contributed by atoms with van der Waals surface area (Å²) in [6.45, 7) is 4.15. The van der Waals surface area contributed by atoms with Gasteiger partial charge in [-0.25, -0.2) is 9.97 Å². The summed E-state index contributed by atoms with van der Waals surface area (Å²) in [6.07, 6.45) is 2.39. The molecule has 3 rings (SSSR count). The summed E-state index contributed by atoms with van der Waals surface area (Å²) < 4.78 is 0.853. The van der Waals surface area contributed by atoms with Crippen molar-refractivity contribution in [3.63, 3.8) is 0 Å². The quantitative estimate of drug-likeness (QED) is 0.716. The molecule has 0 bridgehead atoms. The van der Waals surface area contributed by atoms with Crippen LogP contribution < -0.4 is 0 Å². The van der Waals surface area contributed by atoms with Crippen LogP contribution in [0, 0.1) is 13.8 Å². The van der Waals surface area contributed by atoms with E-state index in [0.717, 1.165) is 21.6 Å². The molecule has 0 amide bonds. The summed E-state index contributed by atoms with van der Waals surface area (Å²) in [5, 5.41) is 0.507. The minimum atomic E-state index is 0.507. The molecule has 1 aliphatic rings. The number of aryl methyl sites for hydroxylation is 2. The van der Waals surface area contributed by atoms with Crippen LogP contribution in [-0.4, -0.2) is 9.97 Å². The van der Waals surface area contributed by atoms with Crippen LogP contribution in [0.2, 0.25) is 5.15 Å². The van der Waals surface area contributed by atoms with Gasteiger partial charge in [0.25, 0.3) is 0 Å². The van der Waals surface area contributed by atoms with Crippen LogP contribution in [0.15, 0.2) is 22.7 Å². The van der Waals surface area contributed by atoms with Crippen molar-refractivity contribution in [1.82, 2.24) is 9.97 Å². The third-order valence-electron chi connectivity index (χ3n) is 3.43. The van der Waals surface area contributed by atoms with E-state index in [2.05, 4.69) is 53.0 Å². The fourth-order valence-corrected chi connectivity index (χ4v) is 2.84. The van der Waals surface area contributed by atoms with Crippen molar-refractivity contribution < 1.29 is 0 Å². The minimum absolute atomic E-state index is 0.507. The predicted molar refractivity (Wildman–Crippen MR) is 81.6 cm³/mol. The topological polar surface area (TPSA) is 25.8 Å². The second kappa shape index (κ2) is 4.88. The van der Waals surface area contributed by atoms with E-state index in [9.17, 15) is 0 Å². The molecule has 0 unspecified atom stereocenters. The number of hydrogen-bond donors (Lipinski definition) is 0. The van der Waals surface area contributed by atoms with E-state index in [1.54, 1.807) is 0 Å². The summed E-state index contributed by atoms with van der Waals surface area (Å²) in [6, 6.07) is 6.31. The van der Waals surface area contributed by atoms with Crippen molar-refractivity contribution in [2.45, 2.75) is 32.6 Å². The van der Waals surface area contributed by atoms with Gasteiger partial charge in [0.1, 0.15) is 5.15 Å². The van der Waals surface area contributed by atoms with Gasteiger partial charge in [0.05, 0.1) is 10.2 Å². The van der Waals surface area contributed by atoms with Crippen molar-refractivity contribution in [3.8, 4) is 11.4 Å². The first kappa shape index (κ1) is 13.1. The molecule has 1 aliphatic carbocycles. The van der Waals surface area contributed by atoms with Gasteiger partial charge < -0.3 is 0 Å². The lowest BCUT2D eigenvalue weighted by Gasteiger charge is -2.10. The van der Waals surface area contributed by atoms with Crippen molar-refractivity contribution in [2.24, 2.45) is 0 Å². The van der Waals surface area contributed by atoms with Gasteiger partial charge in [-0.15, -0.1) is 0 Å². The first-order chi connectivity index (χ1) is 9.06. The van der Waals surface area contributed by atoms with E-state index in [4.69, 9.17) is 16.6 Å². The zero-order chi connectivity index (χ0) is 13.6. The SMILES string of the molecule is Cc1ccc(C)c(-c2nc(Cl)c(Br)c(C3CC3)n2)c1. The Morgan fingerprint density at radius 2 is 1.95 bits per heavy atom. The monoisotopic (exact) mass is 336 g/mol.